The van der Waals surface area contributed by atoms with Gasteiger partial charge < -0.3 is 14.7 Å². The van der Waals surface area contributed by atoms with E-state index in [1.807, 2.05) is 0 Å². The van der Waals surface area contributed by atoms with Crippen molar-refractivity contribution in [3.63, 3.8) is 0 Å². The second kappa shape index (κ2) is 10.2. The van der Waals surface area contributed by atoms with Gasteiger partial charge in [-0.25, -0.2) is 4.39 Å². The van der Waals surface area contributed by atoms with Crippen molar-refractivity contribution < 1.29 is 23.8 Å². The fourth-order valence-corrected chi connectivity index (χ4v) is 4.38. The first-order chi connectivity index (χ1) is 16.4. The van der Waals surface area contributed by atoms with E-state index in [4.69, 9.17) is 21.4 Å². The second-order valence-electron chi connectivity index (χ2n) is 8.26. The Bertz CT molecular complexity index is 1210. The molecule has 1 N–H and O–H groups in total. The minimum atomic E-state index is -0.820. The molecule has 0 aliphatic carbocycles. The lowest BCUT2D eigenvalue weighted by atomic mass is 9.96. The lowest BCUT2D eigenvalue weighted by Crippen LogP contribution is -2.40. The Morgan fingerprint density at radius 3 is 2.56 bits per heavy atom. The zero-order chi connectivity index (χ0) is 24.2. The van der Waals surface area contributed by atoms with Crippen molar-refractivity contribution in [2.24, 2.45) is 5.92 Å². The SMILES string of the molecule is COc1ccc(Cc2ccc(C(=O)N3CCC(C(=O)O)CC3)nc2)c(F)c1-c1cccc(Cl)c1. The number of aliphatic carboxylic acids is 1. The van der Waals surface area contributed by atoms with E-state index in [2.05, 4.69) is 4.98 Å². The number of carbonyl (C=O) groups excluding carboxylic acids is 1. The third-order valence-electron chi connectivity index (χ3n) is 6.09. The van der Waals surface area contributed by atoms with E-state index in [0.29, 0.717) is 53.4 Å². The van der Waals surface area contributed by atoms with Crippen LogP contribution < -0.4 is 4.74 Å². The second-order valence-corrected chi connectivity index (χ2v) is 8.70. The number of methoxy groups -OCH3 is 1. The number of hydrogen-bond donors (Lipinski definition) is 1. The van der Waals surface area contributed by atoms with Crippen molar-refractivity contribution in [1.82, 2.24) is 9.88 Å². The van der Waals surface area contributed by atoms with Crippen molar-refractivity contribution in [3.8, 4) is 16.9 Å². The van der Waals surface area contributed by atoms with Crippen LogP contribution in [-0.4, -0.2) is 47.1 Å². The minimum absolute atomic E-state index is 0.228. The van der Waals surface area contributed by atoms with Crippen molar-refractivity contribution in [2.45, 2.75) is 19.3 Å². The van der Waals surface area contributed by atoms with Crippen molar-refractivity contribution >= 4 is 23.5 Å². The Morgan fingerprint density at radius 1 is 1.18 bits per heavy atom. The summed E-state index contributed by atoms with van der Waals surface area (Å²) in [5.41, 5.74) is 2.46. The maximum Gasteiger partial charge on any atom is 0.306 e. The average molecular weight is 483 g/mol. The zero-order valence-electron chi connectivity index (χ0n) is 18.6. The van der Waals surface area contributed by atoms with Gasteiger partial charge in [-0.1, -0.05) is 35.9 Å². The number of ether oxygens (including phenoxy) is 1. The molecule has 1 amide bonds. The normalized spacial score (nSPS) is 14.1. The summed E-state index contributed by atoms with van der Waals surface area (Å²) in [4.78, 5) is 29.8. The van der Waals surface area contributed by atoms with Crippen LogP contribution in [0, 0.1) is 11.7 Å². The van der Waals surface area contributed by atoms with E-state index in [1.54, 1.807) is 59.6 Å². The molecular formula is C26H24ClFN2O4. The molecule has 0 atom stereocenters. The Kier molecular flexibility index (Phi) is 7.12. The largest absolute Gasteiger partial charge is 0.496 e. The highest BCUT2D eigenvalue weighted by molar-refractivity contribution is 6.30. The highest BCUT2D eigenvalue weighted by atomic mass is 35.5. The molecule has 0 spiro atoms. The molecule has 176 valence electrons. The summed E-state index contributed by atoms with van der Waals surface area (Å²) in [6.07, 6.45) is 2.73. The summed E-state index contributed by atoms with van der Waals surface area (Å²) < 4.78 is 20.9. The lowest BCUT2D eigenvalue weighted by molar-refractivity contribution is -0.143. The number of carboxylic acid groups (broad SMARTS) is 1. The summed E-state index contributed by atoms with van der Waals surface area (Å²) in [5, 5.41) is 9.62. The molecule has 8 heteroatoms. The molecule has 1 saturated heterocycles. The number of nitrogens with zero attached hydrogens (tertiary/aromatic N) is 2. The van der Waals surface area contributed by atoms with E-state index in [-0.39, 0.29) is 18.0 Å². The number of amides is 1. The van der Waals surface area contributed by atoms with Gasteiger partial charge in [0.25, 0.3) is 5.91 Å². The number of rotatable bonds is 6. The molecule has 1 aliphatic rings. The van der Waals surface area contributed by atoms with Gasteiger partial charge in [0.2, 0.25) is 0 Å². The predicted octanol–water partition coefficient (Wildman–Crippen LogP) is 5.08. The molecule has 0 bridgehead atoms. The van der Waals surface area contributed by atoms with Gasteiger partial charge >= 0.3 is 5.97 Å². The first-order valence-corrected chi connectivity index (χ1v) is 11.3. The van der Waals surface area contributed by atoms with Crippen LogP contribution in [0.15, 0.2) is 54.7 Å². The van der Waals surface area contributed by atoms with Crippen LogP contribution in [0.4, 0.5) is 4.39 Å². The van der Waals surface area contributed by atoms with Gasteiger partial charge in [0.1, 0.15) is 17.3 Å². The summed E-state index contributed by atoms with van der Waals surface area (Å²) >= 11 is 6.10. The van der Waals surface area contributed by atoms with Crippen LogP contribution in [-0.2, 0) is 11.2 Å². The summed E-state index contributed by atoms with van der Waals surface area (Å²) in [5.74, 6) is -1.44. The number of piperidine rings is 1. The van der Waals surface area contributed by atoms with Gasteiger partial charge in [0.05, 0.1) is 18.6 Å². The fourth-order valence-electron chi connectivity index (χ4n) is 4.19. The van der Waals surface area contributed by atoms with Gasteiger partial charge in [0, 0.05) is 30.7 Å². The number of carbonyl (C=O) groups is 2. The van der Waals surface area contributed by atoms with Gasteiger partial charge in [-0.3, -0.25) is 14.6 Å². The highest BCUT2D eigenvalue weighted by Crippen LogP contribution is 2.36. The summed E-state index contributed by atoms with van der Waals surface area (Å²) in [6, 6.07) is 13.7. The van der Waals surface area contributed by atoms with Crippen LogP contribution in [0.3, 0.4) is 0 Å². The third kappa shape index (κ3) is 5.04. The maximum atomic E-state index is 15.5. The smallest absolute Gasteiger partial charge is 0.306 e. The van der Waals surface area contributed by atoms with Gasteiger partial charge in [0.15, 0.2) is 0 Å². The van der Waals surface area contributed by atoms with E-state index >= 15 is 4.39 Å². The van der Waals surface area contributed by atoms with Crippen LogP contribution >= 0.6 is 11.6 Å². The van der Waals surface area contributed by atoms with Gasteiger partial charge in [-0.05, 0) is 53.8 Å². The highest BCUT2D eigenvalue weighted by Gasteiger charge is 2.28. The standard InChI is InChI=1S/C26H24ClFN2O4/c1-34-22-8-6-19(24(28)23(22)18-3-2-4-20(27)14-18)13-16-5-7-21(29-15-16)25(31)30-11-9-17(10-12-30)26(32)33/h2-8,14-15,17H,9-13H2,1H3,(H,32,33). The predicted molar refractivity (Wildman–Crippen MR) is 127 cm³/mol. The number of benzene rings is 2. The molecule has 2 aromatic carbocycles. The van der Waals surface area contributed by atoms with E-state index < -0.39 is 17.7 Å². The van der Waals surface area contributed by atoms with Crippen molar-refractivity contribution in [2.75, 3.05) is 20.2 Å². The molecule has 6 nitrogen and oxygen atoms in total. The maximum absolute atomic E-state index is 15.5. The van der Waals surface area contributed by atoms with Crippen molar-refractivity contribution in [1.29, 1.82) is 0 Å². The summed E-state index contributed by atoms with van der Waals surface area (Å²) in [6.45, 7) is 0.783. The molecule has 3 aromatic rings. The Morgan fingerprint density at radius 2 is 1.94 bits per heavy atom. The monoisotopic (exact) mass is 482 g/mol. The Balaban J connectivity index is 1.51. The average Bonchev–Trinajstić information content (AvgIpc) is 2.85. The quantitative estimate of drug-likeness (QED) is 0.530. The van der Waals surface area contributed by atoms with E-state index in [1.165, 1.54) is 7.11 Å². The minimum Gasteiger partial charge on any atom is -0.496 e. The van der Waals surface area contributed by atoms with Gasteiger partial charge in [-0.15, -0.1) is 0 Å². The fraction of sp³-hybridized carbons (Fsp3) is 0.269. The van der Waals surface area contributed by atoms with Crippen LogP contribution in [0.1, 0.15) is 34.5 Å². The number of aromatic nitrogens is 1. The molecule has 0 saturated carbocycles. The van der Waals surface area contributed by atoms with Crippen LogP contribution in [0.5, 0.6) is 5.75 Å². The third-order valence-corrected chi connectivity index (χ3v) is 6.32. The summed E-state index contributed by atoms with van der Waals surface area (Å²) in [7, 11) is 1.49. The number of halogens is 2. The molecule has 0 radical (unpaired) electrons. The molecule has 0 unspecified atom stereocenters. The first kappa shape index (κ1) is 23.7. The molecule has 2 heterocycles. The van der Waals surface area contributed by atoms with E-state index in [9.17, 15) is 9.59 Å². The topological polar surface area (TPSA) is 79.7 Å². The molecule has 4 rings (SSSR count). The van der Waals surface area contributed by atoms with E-state index in [0.717, 1.165) is 5.56 Å². The lowest BCUT2D eigenvalue weighted by Gasteiger charge is -2.29. The number of carboxylic acids is 1. The first-order valence-electron chi connectivity index (χ1n) is 11.0. The molecule has 1 aliphatic heterocycles. The van der Waals surface area contributed by atoms with Crippen LogP contribution in [0.2, 0.25) is 5.02 Å². The Labute approximate surface area is 202 Å². The number of likely N-dealkylation sites (tertiary alicyclic amines) is 1. The van der Waals surface area contributed by atoms with Crippen molar-refractivity contribution in [3.05, 3.63) is 82.4 Å². The Hall–Kier alpha value is -3.45. The molecule has 1 aromatic heterocycles. The van der Waals surface area contributed by atoms with Gasteiger partial charge in [-0.2, -0.15) is 0 Å². The molecule has 1 fully saturated rings. The number of pyridine rings is 1. The zero-order valence-corrected chi connectivity index (χ0v) is 19.4. The molecule has 34 heavy (non-hydrogen) atoms. The number of hydrogen-bond acceptors (Lipinski definition) is 4. The molecular weight excluding hydrogens is 459 g/mol. The van der Waals surface area contributed by atoms with Crippen LogP contribution in [0.25, 0.3) is 11.1 Å².